The van der Waals surface area contributed by atoms with E-state index in [0.717, 1.165) is 33.9 Å². The van der Waals surface area contributed by atoms with Gasteiger partial charge in [0.25, 0.3) is 0 Å². The first kappa shape index (κ1) is 22.3. The summed E-state index contributed by atoms with van der Waals surface area (Å²) in [4.78, 5) is 13.6. The van der Waals surface area contributed by atoms with Crippen molar-refractivity contribution in [1.82, 2.24) is 19.0 Å². The zero-order valence-corrected chi connectivity index (χ0v) is 17.5. The topological polar surface area (TPSA) is 75.5 Å². The number of halogens is 3. The maximum atomic E-state index is 12.9. The third kappa shape index (κ3) is 4.84. The minimum absolute atomic E-state index is 0.0320. The van der Waals surface area contributed by atoms with Gasteiger partial charge in [0.1, 0.15) is 0 Å². The van der Waals surface area contributed by atoms with Crippen LogP contribution in [0.4, 0.5) is 13.2 Å². The van der Waals surface area contributed by atoms with Crippen LogP contribution < -0.4 is 0 Å². The molecule has 30 heavy (non-hydrogen) atoms. The van der Waals surface area contributed by atoms with Gasteiger partial charge in [-0.2, -0.15) is 22.6 Å². The van der Waals surface area contributed by atoms with Gasteiger partial charge in [0.2, 0.25) is 15.9 Å². The molecule has 0 bridgehead atoms. The first-order valence-electron chi connectivity index (χ1n) is 9.45. The van der Waals surface area contributed by atoms with E-state index in [1.54, 1.807) is 9.58 Å². The Labute approximate surface area is 173 Å². The molecule has 2 heterocycles. The summed E-state index contributed by atoms with van der Waals surface area (Å²) in [6.45, 7) is 4.65. The van der Waals surface area contributed by atoms with Crippen LogP contribution in [0.1, 0.15) is 23.4 Å². The van der Waals surface area contributed by atoms with Gasteiger partial charge >= 0.3 is 6.18 Å². The first-order chi connectivity index (χ1) is 14.0. The summed E-state index contributed by atoms with van der Waals surface area (Å²) < 4.78 is 67.0. The summed E-state index contributed by atoms with van der Waals surface area (Å²) in [5.41, 5.74) is 0.812. The van der Waals surface area contributed by atoms with Crippen molar-refractivity contribution in [3.05, 3.63) is 47.3 Å². The molecule has 0 N–H and O–H groups in total. The van der Waals surface area contributed by atoms with E-state index in [1.807, 2.05) is 19.9 Å². The maximum Gasteiger partial charge on any atom is 0.416 e. The number of rotatable bonds is 5. The van der Waals surface area contributed by atoms with E-state index in [1.165, 1.54) is 0 Å². The van der Waals surface area contributed by atoms with Gasteiger partial charge in [-0.15, -0.1) is 0 Å². The second-order valence-corrected chi connectivity index (χ2v) is 9.15. The molecule has 0 radical (unpaired) electrons. The van der Waals surface area contributed by atoms with Crippen LogP contribution in [-0.2, 0) is 27.5 Å². The number of sulfonamides is 1. The summed E-state index contributed by atoms with van der Waals surface area (Å²) >= 11 is 0. The Hall–Kier alpha value is -2.40. The van der Waals surface area contributed by atoms with Crippen LogP contribution in [0, 0.1) is 13.8 Å². The fraction of sp³-hybridized carbons (Fsp3) is 0.474. The zero-order chi connectivity index (χ0) is 22.1. The molecular formula is C19H23F3N4O3S. The van der Waals surface area contributed by atoms with E-state index in [9.17, 15) is 26.4 Å². The van der Waals surface area contributed by atoms with Crippen LogP contribution in [0.3, 0.4) is 0 Å². The molecule has 1 aromatic carbocycles. The Morgan fingerprint density at radius 3 is 2.33 bits per heavy atom. The third-order valence-electron chi connectivity index (χ3n) is 5.03. The lowest BCUT2D eigenvalue weighted by Crippen LogP contribution is -2.50. The van der Waals surface area contributed by atoms with Gasteiger partial charge in [-0.1, -0.05) is 6.07 Å². The molecule has 1 aromatic heterocycles. The molecule has 0 spiro atoms. The Kier molecular flexibility index (Phi) is 6.23. The predicted octanol–water partition coefficient (Wildman–Crippen LogP) is 2.44. The standard InChI is InChI=1S/C19H23F3N4O3S/c1-14-12-15(2)26(23-14)7-6-18(27)24-8-10-25(11-9-24)30(28,29)17-5-3-4-16(13-17)19(20,21)22/h3-5,12-13H,6-11H2,1-2H3. The van der Waals surface area contributed by atoms with Crippen LogP contribution in [-0.4, -0.2) is 59.5 Å². The minimum atomic E-state index is -4.62. The maximum absolute atomic E-state index is 12.9. The highest BCUT2D eigenvalue weighted by molar-refractivity contribution is 7.89. The SMILES string of the molecule is Cc1cc(C)n(CCC(=O)N2CCN(S(=O)(=O)c3cccc(C(F)(F)F)c3)CC2)n1. The summed E-state index contributed by atoms with van der Waals surface area (Å²) in [5.74, 6) is -0.112. The zero-order valence-electron chi connectivity index (χ0n) is 16.7. The molecular weight excluding hydrogens is 421 g/mol. The number of aryl methyl sites for hydroxylation is 3. The van der Waals surface area contributed by atoms with E-state index >= 15 is 0 Å². The van der Waals surface area contributed by atoms with Gasteiger partial charge in [0.15, 0.2) is 0 Å². The summed E-state index contributed by atoms with van der Waals surface area (Å²) in [7, 11) is -4.07. The quantitative estimate of drug-likeness (QED) is 0.710. The molecule has 1 saturated heterocycles. The van der Waals surface area contributed by atoms with Gasteiger partial charge in [0, 0.05) is 44.8 Å². The molecule has 1 aliphatic rings. The molecule has 1 fully saturated rings. The Balaban J connectivity index is 1.60. The van der Waals surface area contributed by atoms with Gasteiger partial charge in [-0.05, 0) is 38.1 Å². The normalized spacial score (nSPS) is 16.1. The Bertz CT molecular complexity index is 1030. The van der Waals surface area contributed by atoms with Gasteiger partial charge in [0.05, 0.1) is 16.2 Å². The number of hydrogen-bond donors (Lipinski definition) is 0. The lowest BCUT2D eigenvalue weighted by Gasteiger charge is -2.34. The fourth-order valence-corrected chi connectivity index (χ4v) is 4.89. The van der Waals surface area contributed by atoms with Crippen molar-refractivity contribution in [3.8, 4) is 0 Å². The van der Waals surface area contributed by atoms with Crippen molar-refractivity contribution >= 4 is 15.9 Å². The lowest BCUT2D eigenvalue weighted by molar-refractivity contribution is -0.137. The molecule has 0 aliphatic carbocycles. The average Bonchev–Trinajstić information content (AvgIpc) is 3.02. The number of alkyl halides is 3. The second-order valence-electron chi connectivity index (χ2n) is 7.21. The van der Waals surface area contributed by atoms with Crippen molar-refractivity contribution in [1.29, 1.82) is 0 Å². The fourth-order valence-electron chi connectivity index (χ4n) is 3.42. The monoisotopic (exact) mass is 444 g/mol. The molecule has 7 nitrogen and oxygen atoms in total. The predicted molar refractivity (Wildman–Crippen MR) is 103 cm³/mol. The van der Waals surface area contributed by atoms with Gasteiger partial charge in [-0.3, -0.25) is 9.48 Å². The molecule has 164 valence electrons. The highest BCUT2D eigenvalue weighted by atomic mass is 32.2. The number of nitrogens with zero attached hydrogens (tertiary/aromatic N) is 4. The average molecular weight is 444 g/mol. The molecule has 1 aliphatic heterocycles. The number of hydrogen-bond acceptors (Lipinski definition) is 4. The number of carbonyl (C=O) groups is 1. The van der Waals surface area contributed by atoms with Crippen LogP contribution in [0.2, 0.25) is 0 Å². The molecule has 2 aromatic rings. The number of amides is 1. The van der Waals surface area contributed by atoms with Gasteiger partial charge in [-0.25, -0.2) is 8.42 Å². The summed E-state index contributed by atoms with van der Waals surface area (Å²) in [6.07, 6.45) is -4.38. The Morgan fingerprint density at radius 1 is 1.10 bits per heavy atom. The van der Waals surface area contributed by atoms with Crippen molar-refractivity contribution in [2.75, 3.05) is 26.2 Å². The van der Waals surface area contributed by atoms with Crippen LogP contribution in [0.5, 0.6) is 0 Å². The van der Waals surface area contributed by atoms with E-state index in [2.05, 4.69) is 5.10 Å². The van der Waals surface area contributed by atoms with Crippen molar-refractivity contribution in [3.63, 3.8) is 0 Å². The summed E-state index contributed by atoms with van der Waals surface area (Å²) in [5, 5.41) is 4.31. The van der Waals surface area contributed by atoms with E-state index in [4.69, 9.17) is 0 Å². The van der Waals surface area contributed by atoms with Crippen molar-refractivity contribution in [2.45, 2.75) is 37.9 Å². The number of carbonyl (C=O) groups excluding carboxylic acids is 1. The van der Waals surface area contributed by atoms with Crippen molar-refractivity contribution < 1.29 is 26.4 Å². The van der Waals surface area contributed by atoms with E-state index in [-0.39, 0.29) is 38.5 Å². The lowest BCUT2D eigenvalue weighted by atomic mass is 10.2. The second kappa shape index (κ2) is 8.38. The molecule has 3 rings (SSSR count). The minimum Gasteiger partial charge on any atom is -0.340 e. The van der Waals surface area contributed by atoms with E-state index < -0.39 is 26.7 Å². The van der Waals surface area contributed by atoms with Gasteiger partial charge < -0.3 is 4.90 Å². The van der Waals surface area contributed by atoms with Crippen molar-refractivity contribution in [2.24, 2.45) is 0 Å². The highest BCUT2D eigenvalue weighted by Gasteiger charge is 2.34. The van der Waals surface area contributed by atoms with Crippen LogP contribution in [0.15, 0.2) is 35.2 Å². The Morgan fingerprint density at radius 2 is 1.77 bits per heavy atom. The highest BCUT2D eigenvalue weighted by Crippen LogP contribution is 2.31. The van der Waals surface area contributed by atoms with E-state index in [0.29, 0.717) is 12.6 Å². The molecule has 0 unspecified atom stereocenters. The van der Waals surface area contributed by atoms with Crippen LogP contribution >= 0.6 is 0 Å². The molecule has 0 saturated carbocycles. The third-order valence-corrected chi connectivity index (χ3v) is 6.93. The smallest absolute Gasteiger partial charge is 0.340 e. The largest absolute Gasteiger partial charge is 0.416 e. The number of piperazine rings is 1. The summed E-state index contributed by atoms with van der Waals surface area (Å²) in [6, 6.07) is 5.62. The first-order valence-corrected chi connectivity index (χ1v) is 10.9. The molecule has 1 amide bonds. The van der Waals surface area contributed by atoms with Crippen LogP contribution in [0.25, 0.3) is 0 Å². The molecule has 11 heteroatoms. The number of aromatic nitrogens is 2. The number of benzene rings is 1. The molecule has 0 atom stereocenters.